The third-order valence-electron chi connectivity index (χ3n) is 4.56. The summed E-state index contributed by atoms with van der Waals surface area (Å²) in [5.74, 6) is 0.895. The van der Waals surface area contributed by atoms with E-state index in [1.165, 1.54) is 42.1 Å². The number of hydrogen-bond donors (Lipinski definition) is 1. The van der Waals surface area contributed by atoms with Crippen LogP contribution in [0.1, 0.15) is 51.5 Å². The molecule has 0 radical (unpaired) electrons. The number of hydrogen-bond acceptors (Lipinski definition) is 1. The van der Waals surface area contributed by atoms with Crippen molar-refractivity contribution in [1.29, 1.82) is 0 Å². The van der Waals surface area contributed by atoms with Gasteiger partial charge in [0.2, 0.25) is 0 Å². The quantitative estimate of drug-likeness (QED) is 0.760. The standard InChI is InChI=1S/C17H26BrN/c1-3-11-19-13-17(9-7-14(2)8-10-17)15-5-4-6-16(18)12-15/h4-6,12,14,19H,3,7-11,13H2,1-2H3. The number of rotatable bonds is 5. The first-order valence-corrected chi connectivity index (χ1v) is 8.42. The van der Waals surface area contributed by atoms with Gasteiger partial charge in [0.15, 0.2) is 0 Å². The maximum Gasteiger partial charge on any atom is 0.0178 e. The van der Waals surface area contributed by atoms with Crippen LogP contribution in [0.2, 0.25) is 0 Å². The average molecular weight is 324 g/mol. The average Bonchev–Trinajstić information content (AvgIpc) is 2.42. The monoisotopic (exact) mass is 323 g/mol. The third kappa shape index (κ3) is 3.82. The molecule has 1 saturated carbocycles. The van der Waals surface area contributed by atoms with Crippen LogP contribution in [0.5, 0.6) is 0 Å². The van der Waals surface area contributed by atoms with Crippen LogP contribution in [0.15, 0.2) is 28.7 Å². The Labute approximate surface area is 126 Å². The van der Waals surface area contributed by atoms with Gasteiger partial charge in [0.05, 0.1) is 0 Å². The Hall–Kier alpha value is -0.340. The van der Waals surface area contributed by atoms with Crippen LogP contribution in [0.4, 0.5) is 0 Å². The molecule has 0 saturated heterocycles. The van der Waals surface area contributed by atoms with Gasteiger partial charge < -0.3 is 5.32 Å². The van der Waals surface area contributed by atoms with Crippen LogP contribution in [0.25, 0.3) is 0 Å². The minimum Gasteiger partial charge on any atom is -0.316 e. The zero-order chi connectivity index (χ0) is 13.7. The fourth-order valence-corrected chi connectivity index (χ4v) is 3.60. The second kappa shape index (κ2) is 6.90. The third-order valence-corrected chi connectivity index (χ3v) is 5.05. The molecule has 0 aliphatic heterocycles. The van der Waals surface area contributed by atoms with Crippen molar-refractivity contribution >= 4 is 15.9 Å². The predicted molar refractivity (Wildman–Crippen MR) is 86.6 cm³/mol. The topological polar surface area (TPSA) is 12.0 Å². The molecule has 19 heavy (non-hydrogen) atoms. The summed E-state index contributed by atoms with van der Waals surface area (Å²) in [7, 11) is 0. The van der Waals surface area contributed by atoms with Crippen molar-refractivity contribution in [3.8, 4) is 0 Å². The Morgan fingerprint density at radius 2 is 2.05 bits per heavy atom. The van der Waals surface area contributed by atoms with E-state index in [4.69, 9.17) is 0 Å². The second-order valence-electron chi connectivity index (χ2n) is 6.15. The summed E-state index contributed by atoms with van der Waals surface area (Å²) in [6.07, 6.45) is 6.58. The molecule has 1 N–H and O–H groups in total. The normalized spacial score (nSPS) is 27.4. The maximum atomic E-state index is 3.66. The Balaban J connectivity index is 2.18. The van der Waals surface area contributed by atoms with Crippen LogP contribution in [-0.2, 0) is 5.41 Å². The fraction of sp³-hybridized carbons (Fsp3) is 0.647. The number of nitrogens with one attached hydrogen (secondary N) is 1. The lowest BCUT2D eigenvalue weighted by atomic mass is 9.67. The van der Waals surface area contributed by atoms with Crippen molar-refractivity contribution in [3.05, 3.63) is 34.3 Å². The van der Waals surface area contributed by atoms with Crippen LogP contribution < -0.4 is 5.32 Å². The number of halogens is 1. The zero-order valence-electron chi connectivity index (χ0n) is 12.2. The predicted octanol–water partition coefficient (Wildman–Crippen LogP) is 4.90. The summed E-state index contributed by atoms with van der Waals surface area (Å²) in [6, 6.07) is 8.94. The molecule has 0 heterocycles. The second-order valence-corrected chi connectivity index (χ2v) is 7.07. The Bertz CT molecular complexity index is 394. The molecule has 0 amide bonds. The lowest BCUT2D eigenvalue weighted by molar-refractivity contribution is 0.234. The van der Waals surface area contributed by atoms with E-state index in [1.54, 1.807) is 0 Å². The molecule has 0 unspecified atom stereocenters. The minimum atomic E-state index is 0.353. The molecule has 0 spiro atoms. The Morgan fingerprint density at radius 3 is 2.68 bits per heavy atom. The summed E-state index contributed by atoms with van der Waals surface area (Å²) in [5, 5.41) is 3.66. The molecule has 1 aliphatic rings. The lowest BCUT2D eigenvalue weighted by Crippen LogP contribution is -2.41. The summed E-state index contributed by atoms with van der Waals surface area (Å²) < 4.78 is 1.21. The molecule has 1 aliphatic carbocycles. The van der Waals surface area contributed by atoms with Gasteiger partial charge in [-0.1, -0.05) is 41.9 Å². The van der Waals surface area contributed by atoms with Crippen molar-refractivity contribution < 1.29 is 0 Å². The van der Waals surface area contributed by atoms with Crippen molar-refractivity contribution in [3.63, 3.8) is 0 Å². The smallest absolute Gasteiger partial charge is 0.0178 e. The van der Waals surface area contributed by atoms with Crippen molar-refractivity contribution in [2.45, 2.75) is 51.4 Å². The van der Waals surface area contributed by atoms with Gasteiger partial charge in [0, 0.05) is 16.4 Å². The largest absolute Gasteiger partial charge is 0.316 e. The van der Waals surface area contributed by atoms with Crippen molar-refractivity contribution in [1.82, 2.24) is 5.32 Å². The molecule has 0 atom stereocenters. The fourth-order valence-electron chi connectivity index (χ4n) is 3.21. The summed E-state index contributed by atoms with van der Waals surface area (Å²) >= 11 is 3.63. The maximum absolute atomic E-state index is 3.66. The van der Waals surface area contributed by atoms with E-state index in [0.29, 0.717) is 5.41 Å². The van der Waals surface area contributed by atoms with Crippen LogP contribution in [0.3, 0.4) is 0 Å². The molecule has 1 aromatic carbocycles. The van der Waals surface area contributed by atoms with Gasteiger partial charge in [-0.3, -0.25) is 0 Å². The van der Waals surface area contributed by atoms with Gasteiger partial charge in [-0.25, -0.2) is 0 Å². The zero-order valence-corrected chi connectivity index (χ0v) is 13.8. The molecule has 1 fully saturated rings. The SMILES string of the molecule is CCCNCC1(c2cccc(Br)c2)CCC(C)CC1. The molecule has 0 bridgehead atoms. The summed E-state index contributed by atoms with van der Waals surface area (Å²) in [4.78, 5) is 0. The van der Waals surface area contributed by atoms with E-state index in [9.17, 15) is 0 Å². The highest BCUT2D eigenvalue weighted by molar-refractivity contribution is 9.10. The molecule has 2 rings (SSSR count). The highest BCUT2D eigenvalue weighted by Crippen LogP contribution is 2.41. The lowest BCUT2D eigenvalue weighted by Gasteiger charge is -2.40. The van der Waals surface area contributed by atoms with E-state index < -0.39 is 0 Å². The molecular weight excluding hydrogens is 298 g/mol. The molecule has 0 aromatic heterocycles. The van der Waals surface area contributed by atoms with E-state index in [0.717, 1.165) is 19.0 Å². The van der Waals surface area contributed by atoms with E-state index in [-0.39, 0.29) is 0 Å². The van der Waals surface area contributed by atoms with E-state index in [1.807, 2.05) is 0 Å². The highest BCUT2D eigenvalue weighted by atomic mass is 79.9. The van der Waals surface area contributed by atoms with Gasteiger partial charge in [0.1, 0.15) is 0 Å². The minimum absolute atomic E-state index is 0.353. The molecule has 106 valence electrons. The van der Waals surface area contributed by atoms with E-state index in [2.05, 4.69) is 59.4 Å². The van der Waals surface area contributed by atoms with Gasteiger partial charge in [0.25, 0.3) is 0 Å². The van der Waals surface area contributed by atoms with Crippen LogP contribution in [0, 0.1) is 5.92 Å². The van der Waals surface area contributed by atoms with Crippen molar-refractivity contribution in [2.75, 3.05) is 13.1 Å². The molecule has 1 nitrogen and oxygen atoms in total. The summed E-state index contributed by atoms with van der Waals surface area (Å²) in [6.45, 7) is 6.89. The van der Waals surface area contributed by atoms with Gasteiger partial charge in [-0.05, 0) is 62.3 Å². The first-order valence-electron chi connectivity index (χ1n) is 7.63. The van der Waals surface area contributed by atoms with Gasteiger partial charge in [-0.2, -0.15) is 0 Å². The van der Waals surface area contributed by atoms with Crippen LogP contribution >= 0.6 is 15.9 Å². The molecule has 1 aromatic rings. The summed E-state index contributed by atoms with van der Waals surface area (Å²) in [5.41, 5.74) is 1.86. The van der Waals surface area contributed by atoms with Gasteiger partial charge >= 0.3 is 0 Å². The van der Waals surface area contributed by atoms with Gasteiger partial charge in [-0.15, -0.1) is 0 Å². The Kier molecular flexibility index (Phi) is 5.47. The van der Waals surface area contributed by atoms with Crippen LogP contribution in [-0.4, -0.2) is 13.1 Å². The first kappa shape index (κ1) is 15.1. The van der Waals surface area contributed by atoms with E-state index >= 15 is 0 Å². The Morgan fingerprint density at radius 1 is 1.32 bits per heavy atom. The number of benzene rings is 1. The highest BCUT2D eigenvalue weighted by Gasteiger charge is 2.35. The molecular formula is C17H26BrN. The molecule has 2 heteroatoms. The van der Waals surface area contributed by atoms with Crippen molar-refractivity contribution in [2.24, 2.45) is 5.92 Å². The first-order chi connectivity index (χ1) is 9.16.